The van der Waals surface area contributed by atoms with Crippen LogP contribution in [-0.4, -0.2) is 24.1 Å². The van der Waals surface area contributed by atoms with Gasteiger partial charge >= 0.3 is 0 Å². The van der Waals surface area contributed by atoms with E-state index < -0.39 is 0 Å². The highest BCUT2D eigenvalue weighted by atomic mass is 35.5. The first-order chi connectivity index (χ1) is 12.2. The third-order valence-corrected chi connectivity index (χ3v) is 4.94. The monoisotopic (exact) mass is 391 g/mol. The first-order valence-corrected chi connectivity index (χ1v) is 9.32. The molecule has 2 amide bonds. The summed E-state index contributed by atoms with van der Waals surface area (Å²) in [6.07, 6.45) is 0.486. The number of fused-ring (bicyclic) bond motifs is 1. The Morgan fingerprint density at radius 1 is 1.23 bits per heavy atom. The molecular weight excluding hydrogens is 370 g/mol. The number of thioether (sulfide) groups is 1. The average molecular weight is 392 g/mol. The van der Waals surface area contributed by atoms with Crippen molar-refractivity contribution in [3.8, 4) is 0 Å². The van der Waals surface area contributed by atoms with Crippen molar-refractivity contribution in [3.63, 3.8) is 0 Å². The zero-order chi connectivity index (χ0) is 17.6. The Labute approximate surface area is 163 Å². The van der Waals surface area contributed by atoms with E-state index in [4.69, 9.17) is 0 Å². The van der Waals surface area contributed by atoms with Crippen molar-refractivity contribution in [1.29, 1.82) is 0 Å². The second kappa shape index (κ2) is 9.62. The van der Waals surface area contributed by atoms with Crippen LogP contribution in [0.5, 0.6) is 0 Å². The van der Waals surface area contributed by atoms with Crippen LogP contribution in [0.2, 0.25) is 0 Å². The van der Waals surface area contributed by atoms with Crippen LogP contribution >= 0.6 is 24.2 Å². The Kier molecular flexibility index (Phi) is 7.50. The van der Waals surface area contributed by atoms with E-state index >= 15 is 0 Å². The van der Waals surface area contributed by atoms with Crippen molar-refractivity contribution in [3.05, 3.63) is 53.6 Å². The Morgan fingerprint density at radius 2 is 2.08 bits per heavy atom. The minimum absolute atomic E-state index is 0. The summed E-state index contributed by atoms with van der Waals surface area (Å²) in [6, 6.07) is 13.2. The Hall–Kier alpha value is -2.02. The van der Waals surface area contributed by atoms with E-state index in [1.807, 2.05) is 30.3 Å². The number of rotatable bonds is 5. The van der Waals surface area contributed by atoms with Crippen LogP contribution in [0.4, 0.5) is 11.4 Å². The molecular formula is C19H22ClN3O2S. The molecule has 0 bridgehead atoms. The van der Waals surface area contributed by atoms with Crippen LogP contribution in [0.15, 0.2) is 47.4 Å². The summed E-state index contributed by atoms with van der Waals surface area (Å²) in [6.45, 7) is 3.72. The van der Waals surface area contributed by atoms with Crippen LogP contribution in [0.1, 0.15) is 29.3 Å². The molecule has 1 heterocycles. The third kappa shape index (κ3) is 5.24. The maximum Gasteiger partial charge on any atom is 0.255 e. The number of nitrogens with one attached hydrogen (secondary N) is 3. The molecule has 0 saturated carbocycles. The summed E-state index contributed by atoms with van der Waals surface area (Å²) in [5.74, 6) is 0.551. The van der Waals surface area contributed by atoms with Gasteiger partial charge in [0.1, 0.15) is 0 Å². The van der Waals surface area contributed by atoms with E-state index in [0.717, 1.165) is 35.0 Å². The van der Waals surface area contributed by atoms with E-state index in [2.05, 4.69) is 22.9 Å². The third-order valence-electron chi connectivity index (χ3n) is 3.87. The van der Waals surface area contributed by atoms with Crippen LogP contribution < -0.4 is 16.0 Å². The van der Waals surface area contributed by atoms with Crippen molar-refractivity contribution < 1.29 is 9.59 Å². The predicted molar refractivity (Wildman–Crippen MR) is 109 cm³/mol. The Bertz CT molecular complexity index is 798. The van der Waals surface area contributed by atoms with E-state index in [1.165, 1.54) is 0 Å². The Morgan fingerprint density at radius 3 is 2.88 bits per heavy atom. The lowest BCUT2D eigenvalue weighted by molar-refractivity contribution is -0.115. The molecule has 2 aromatic carbocycles. The summed E-state index contributed by atoms with van der Waals surface area (Å²) in [5.41, 5.74) is 3.11. The van der Waals surface area contributed by atoms with Gasteiger partial charge in [-0.25, -0.2) is 0 Å². The van der Waals surface area contributed by atoms with Gasteiger partial charge in [0.25, 0.3) is 5.91 Å². The standard InChI is InChI=1S/C19H21N3O2S.ClH/c1-2-20-12-13-4-3-5-15(10-13)21-19(24)14-6-7-17-16(11-14)22-18(23)8-9-25-17;/h3-7,10-11,20H,2,8-9,12H2,1H3,(H,21,24)(H,22,23);1H. The van der Waals surface area contributed by atoms with Gasteiger partial charge in [-0.3, -0.25) is 9.59 Å². The van der Waals surface area contributed by atoms with E-state index in [9.17, 15) is 9.59 Å². The van der Waals surface area contributed by atoms with E-state index in [-0.39, 0.29) is 24.2 Å². The number of anilines is 2. The van der Waals surface area contributed by atoms with Crippen LogP contribution in [0, 0.1) is 0 Å². The highest BCUT2D eigenvalue weighted by Gasteiger charge is 2.16. The summed E-state index contributed by atoms with van der Waals surface area (Å²) in [7, 11) is 0. The fourth-order valence-corrected chi connectivity index (χ4v) is 3.53. The number of halogens is 1. The van der Waals surface area contributed by atoms with Gasteiger partial charge in [0.05, 0.1) is 5.69 Å². The van der Waals surface area contributed by atoms with Crippen molar-refractivity contribution in [2.45, 2.75) is 24.8 Å². The second-order valence-electron chi connectivity index (χ2n) is 5.79. The maximum atomic E-state index is 12.5. The van der Waals surface area contributed by atoms with Gasteiger partial charge in [0.2, 0.25) is 5.91 Å². The molecule has 138 valence electrons. The predicted octanol–water partition coefficient (Wildman–Crippen LogP) is 3.90. The molecule has 26 heavy (non-hydrogen) atoms. The first-order valence-electron chi connectivity index (χ1n) is 8.33. The normalized spacial score (nSPS) is 13.0. The lowest BCUT2D eigenvalue weighted by atomic mass is 10.1. The molecule has 0 saturated heterocycles. The summed E-state index contributed by atoms with van der Waals surface area (Å²) < 4.78 is 0. The fraction of sp³-hybridized carbons (Fsp3) is 0.263. The zero-order valence-corrected chi connectivity index (χ0v) is 16.1. The van der Waals surface area contributed by atoms with Crippen molar-refractivity contribution >= 4 is 47.4 Å². The number of amides is 2. The fourth-order valence-electron chi connectivity index (χ4n) is 2.59. The number of carbonyl (C=O) groups excluding carboxylic acids is 2. The van der Waals surface area contributed by atoms with E-state index in [1.54, 1.807) is 23.9 Å². The van der Waals surface area contributed by atoms with Crippen molar-refractivity contribution in [2.24, 2.45) is 0 Å². The number of benzene rings is 2. The molecule has 0 aromatic heterocycles. The van der Waals surface area contributed by atoms with E-state index in [0.29, 0.717) is 17.7 Å². The summed E-state index contributed by atoms with van der Waals surface area (Å²) in [5, 5.41) is 9.05. The molecule has 0 fully saturated rings. The smallest absolute Gasteiger partial charge is 0.255 e. The van der Waals surface area contributed by atoms with Crippen LogP contribution in [-0.2, 0) is 11.3 Å². The molecule has 0 aliphatic carbocycles. The van der Waals surface area contributed by atoms with Crippen molar-refractivity contribution in [2.75, 3.05) is 22.9 Å². The van der Waals surface area contributed by atoms with Crippen LogP contribution in [0.25, 0.3) is 0 Å². The molecule has 1 aliphatic heterocycles. The quantitative estimate of drug-likeness (QED) is 0.722. The Balaban J connectivity index is 0.00000243. The summed E-state index contributed by atoms with van der Waals surface area (Å²) in [4.78, 5) is 25.3. The van der Waals surface area contributed by atoms with Gasteiger partial charge in [-0.05, 0) is 42.4 Å². The summed E-state index contributed by atoms with van der Waals surface area (Å²) >= 11 is 1.63. The minimum atomic E-state index is -0.188. The molecule has 2 aromatic rings. The SMILES string of the molecule is CCNCc1cccc(NC(=O)c2ccc3c(c2)NC(=O)CCS3)c1.Cl. The van der Waals surface area contributed by atoms with Crippen LogP contribution in [0.3, 0.4) is 0 Å². The molecule has 0 unspecified atom stereocenters. The minimum Gasteiger partial charge on any atom is -0.325 e. The zero-order valence-electron chi connectivity index (χ0n) is 14.5. The molecule has 0 atom stereocenters. The lowest BCUT2D eigenvalue weighted by Gasteiger charge is -2.11. The van der Waals surface area contributed by atoms with Gasteiger partial charge in [-0.15, -0.1) is 24.2 Å². The largest absolute Gasteiger partial charge is 0.325 e. The van der Waals surface area contributed by atoms with Gasteiger partial charge in [0.15, 0.2) is 0 Å². The lowest BCUT2D eigenvalue weighted by Crippen LogP contribution is -2.15. The number of carbonyl (C=O) groups is 2. The topological polar surface area (TPSA) is 70.2 Å². The first kappa shape index (κ1) is 20.3. The van der Waals surface area contributed by atoms with Gasteiger partial charge in [-0.1, -0.05) is 19.1 Å². The highest BCUT2D eigenvalue weighted by molar-refractivity contribution is 7.99. The average Bonchev–Trinajstić information content (AvgIpc) is 2.80. The molecule has 3 rings (SSSR count). The molecule has 0 spiro atoms. The van der Waals surface area contributed by atoms with Gasteiger partial charge in [0, 0.05) is 34.9 Å². The van der Waals surface area contributed by atoms with Crippen molar-refractivity contribution in [1.82, 2.24) is 5.32 Å². The molecule has 3 N–H and O–H groups in total. The molecule has 0 radical (unpaired) electrons. The maximum absolute atomic E-state index is 12.5. The molecule has 5 nitrogen and oxygen atoms in total. The second-order valence-corrected chi connectivity index (χ2v) is 6.93. The number of hydrogen-bond donors (Lipinski definition) is 3. The molecule has 7 heteroatoms. The molecule has 1 aliphatic rings. The highest BCUT2D eigenvalue weighted by Crippen LogP contribution is 2.31. The van der Waals surface area contributed by atoms with Gasteiger partial charge in [-0.2, -0.15) is 0 Å². The number of hydrogen-bond acceptors (Lipinski definition) is 4. The van der Waals surface area contributed by atoms with Gasteiger partial charge < -0.3 is 16.0 Å².